The molecule has 1 aromatic rings. The van der Waals surface area contributed by atoms with Gasteiger partial charge in [-0.05, 0) is 42.2 Å². The third kappa shape index (κ3) is 2.97. The molecule has 1 aliphatic carbocycles. The van der Waals surface area contributed by atoms with Crippen LogP contribution in [-0.2, 0) is 22.1 Å². The maximum absolute atomic E-state index is 12.7. The molecule has 0 saturated carbocycles. The predicted molar refractivity (Wildman–Crippen MR) is 64.4 cm³/mol. The summed E-state index contributed by atoms with van der Waals surface area (Å²) in [7, 11) is 0. The maximum atomic E-state index is 12.7. The number of hydrogen-bond donors (Lipinski definition) is 0. The molecule has 1 aromatic carbocycles. The number of fused-ring (bicyclic) bond motifs is 1. The zero-order chi connectivity index (χ0) is 14.0. The molecular weight excluding hydrogens is 257 g/mol. The predicted octanol–water partition coefficient (Wildman–Crippen LogP) is 3.60. The normalized spacial score (nSPS) is 14.0. The van der Waals surface area contributed by atoms with Crippen LogP contribution in [-0.4, -0.2) is 12.6 Å². The van der Waals surface area contributed by atoms with E-state index in [0.717, 1.165) is 17.7 Å². The van der Waals surface area contributed by atoms with Crippen molar-refractivity contribution in [2.75, 3.05) is 6.61 Å². The van der Waals surface area contributed by atoms with E-state index in [0.29, 0.717) is 17.6 Å². The number of rotatable bonds is 3. The van der Waals surface area contributed by atoms with Crippen LogP contribution in [0.2, 0.25) is 0 Å². The largest absolute Gasteiger partial charge is 0.466 e. The van der Waals surface area contributed by atoms with E-state index in [1.807, 2.05) is 0 Å². The van der Waals surface area contributed by atoms with Crippen molar-refractivity contribution in [2.45, 2.75) is 25.9 Å². The van der Waals surface area contributed by atoms with Crippen molar-refractivity contribution in [3.63, 3.8) is 0 Å². The Balaban J connectivity index is 2.24. The van der Waals surface area contributed by atoms with Gasteiger partial charge in [-0.15, -0.1) is 0 Å². The molecule has 2 nitrogen and oxygen atoms in total. The second-order valence-corrected chi connectivity index (χ2v) is 4.28. The van der Waals surface area contributed by atoms with Gasteiger partial charge in [0.1, 0.15) is 0 Å². The molecule has 19 heavy (non-hydrogen) atoms. The van der Waals surface area contributed by atoms with Crippen molar-refractivity contribution >= 4 is 11.5 Å². The topological polar surface area (TPSA) is 26.3 Å². The summed E-state index contributed by atoms with van der Waals surface area (Å²) in [6, 6.07) is 3.64. The zero-order valence-electron chi connectivity index (χ0n) is 10.4. The Morgan fingerprint density at radius 3 is 2.74 bits per heavy atom. The molecule has 0 atom stereocenters. The van der Waals surface area contributed by atoms with Crippen LogP contribution in [0, 0.1) is 0 Å². The number of benzene rings is 1. The van der Waals surface area contributed by atoms with Gasteiger partial charge >= 0.3 is 12.1 Å². The summed E-state index contributed by atoms with van der Waals surface area (Å²) in [4.78, 5) is 11.4. The van der Waals surface area contributed by atoms with Crippen LogP contribution < -0.4 is 0 Å². The summed E-state index contributed by atoms with van der Waals surface area (Å²) in [6.07, 6.45) is -2.02. The first-order valence-electron chi connectivity index (χ1n) is 5.97. The van der Waals surface area contributed by atoms with Crippen molar-refractivity contribution < 1.29 is 22.7 Å². The molecule has 5 heteroatoms. The fourth-order valence-electron chi connectivity index (χ4n) is 2.11. The third-order valence-corrected chi connectivity index (χ3v) is 2.99. The molecule has 0 bridgehead atoms. The first-order chi connectivity index (χ1) is 8.91. The summed E-state index contributed by atoms with van der Waals surface area (Å²) >= 11 is 0. The smallest absolute Gasteiger partial charge is 0.416 e. The number of alkyl halides is 3. The molecule has 2 rings (SSSR count). The highest BCUT2D eigenvalue weighted by Crippen LogP contribution is 2.36. The van der Waals surface area contributed by atoms with Crippen LogP contribution in [0.15, 0.2) is 24.3 Å². The number of allylic oxidation sites excluding steroid dienone is 1. The molecule has 1 aliphatic rings. The molecule has 0 aliphatic heterocycles. The molecular formula is C14H13F3O2. The van der Waals surface area contributed by atoms with Gasteiger partial charge in [0.2, 0.25) is 0 Å². The zero-order valence-corrected chi connectivity index (χ0v) is 10.4. The van der Waals surface area contributed by atoms with Crippen molar-refractivity contribution in [3.8, 4) is 0 Å². The summed E-state index contributed by atoms with van der Waals surface area (Å²) in [6.45, 7) is 1.96. The first-order valence-corrected chi connectivity index (χ1v) is 5.97. The van der Waals surface area contributed by atoms with Gasteiger partial charge in [0, 0.05) is 0 Å². The van der Waals surface area contributed by atoms with Gasteiger partial charge in [0.25, 0.3) is 0 Å². The summed E-state index contributed by atoms with van der Waals surface area (Å²) in [5.41, 5.74) is 1.23. The van der Waals surface area contributed by atoms with Crippen molar-refractivity contribution in [3.05, 3.63) is 41.0 Å². The van der Waals surface area contributed by atoms with Gasteiger partial charge in [0.15, 0.2) is 0 Å². The molecule has 0 unspecified atom stereocenters. The average Bonchev–Trinajstić information content (AvgIpc) is 2.71. The molecule has 0 fully saturated rings. The van der Waals surface area contributed by atoms with E-state index in [1.54, 1.807) is 13.0 Å². The standard InChI is InChI=1S/C14H13F3O2/c1-2-19-13(18)7-10-4-3-9-5-6-11(8-12(9)10)14(15,16)17/h4-6,8H,2-3,7H2,1H3. The number of hydrogen-bond acceptors (Lipinski definition) is 2. The Morgan fingerprint density at radius 1 is 1.37 bits per heavy atom. The van der Waals surface area contributed by atoms with E-state index >= 15 is 0 Å². The first kappa shape index (κ1) is 13.6. The third-order valence-electron chi connectivity index (χ3n) is 2.99. The van der Waals surface area contributed by atoms with Crippen LogP contribution in [0.5, 0.6) is 0 Å². The van der Waals surface area contributed by atoms with E-state index in [9.17, 15) is 18.0 Å². The van der Waals surface area contributed by atoms with Crippen LogP contribution in [0.3, 0.4) is 0 Å². The highest BCUT2D eigenvalue weighted by molar-refractivity contribution is 5.87. The summed E-state index contributed by atoms with van der Waals surface area (Å²) in [5, 5.41) is 0. The SMILES string of the molecule is CCOC(=O)CC1=CCc2ccc(C(F)(F)F)cc21. The van der Waals surface area contributed by atoms with Crippen LogP contribution in [0.1, 0.15) is 30.0 Å². The van der Waals surface area contributed by atoms with Crippen molar-refractivity contribution in [1.29, 1.82) is 0 Å². The lowest BCUT2D eigenvalue weighted by atomic mass is 10.0. The van der Waals surface area contributed by atoms with Crippen LogP contribution >= 0.6 is 0 Å². The van der Waals surface area contributed by atoms with E-state index < -0.39 is 17.7 Å². The van der Waals surface area contributed by atoms with Gasteiger partial charge in [-0.25, -0.2) is 0 Å². The second kappa shape index (κ2) is 5.07. The van der Waals surface area contributed by atoms with Gasteiger partial charge in [-0.3, -0.25) is 4.79 Å². The minimum absolute atomic E-state index is 0.0160. The number of carbonyl (C=O) groups is 1. The van der Waals surface area contributed by atoms with E-state index in [2.05, 4.69) is 0 Å². The van der Waals surface area contributed by atoms with E-state index in [4.69, 9.17) is 4.74 Å². The number of carbonyl (C=O) groups excluding carboxylic acids is 1. The highest BCUT2D eigenvalue weighted by atomic mass is 19.4. The molecule has 0 spiro atoms. The summed E-state index contributed by atoms with van der Waals surface area (Å²) in [5.74, 6) is -0.418. The fraction of sp³-hybridized carbons (Fsp3) is 0.357. The average molecular weight is 270 g/mol. The Kier molecular flexibility index (Phi) is 3.64. The van der Waals surface area contributed by atoms with E-state index in [1.165, 1.54) is 6.07 Å². The number of ether oxygens (including phenoxy) is 1. The van der Waals surface area contributed by atoms with Crippen LogP contribution in [0.25, 0.3) is 5.57 Å². The lowest BCUT2D eigenvalue weighted by Gasteiger charge is -2.11. The van der Waals surface area contributed by atoms with Gasteiger partial charge in [-0.1, -0.05) is 12.1 Å². The van der Waals surface area contributed by atoms with Crippen molar-refractivity contribution in [2.24, 2.45) is 0 Å². The molecule has 0 N–H and O–H groups in total. The molecule has 0 amide bonds. The molecule has 0 heterocycles. The van der Waals surface area contributed by atoms with Gasteiger partial charge in [-0.2, -0.15) is 13.2 Å². The fourth-order valence-corrected chi connectivity index (χ4v) is 2.11. The molecule has 102 valence electrons. The highest BCUT2D eigenvalue weighted by Gasteiger charge is 2.32. The lowest BCUT2D eigenvalue weighted by molar-refractivity contribution is -0.141. The molecule has 0 radical (unpaired) electrons. The Labute approximate surface area is 108 Å². The molecule has 0 aromatic heterocycles. The molecule has 0 saturated heterocycles. The maximum Gasteiger partial charge on any atom is 0.416 e. The quantitative estimate of drug-likeness (QED) is 0.784. The minimum Gasteiger partial charge on any atom is -0.466 e. The Morgan fingerprint density at radius 2 is 2.11 bits per heavy atom. The van der Waals surface area contributed by atoms with Gasteiger partial charge in [0.05, 0.1) is 18.6 Å². The lowest BCUT2D eigenvalue weighted by Crippen LogP contribution is -2.07. The second-order valence-electron chi connectivity index (χ2n) is 4.28. The summed E-state index contributed by atoms with van der Waals surface area (Å²) < 4.78 is 42.8. The van der Waals surface area contributed by atoms with E-state index in [-0.39, 0.29) is 13.0 Å². The number of esters is 1. The monoisotopic (exact) mass is 270 g/mol. The Hall–Kier alpha value is -1.78. The van der Waals surface area contributed by atoms with Gasteiger partial charge < -0.3 is 4.74 Å². The Bertz CT molecular complexity index is 530. The minimum atomic E-state index is -4.37. The van der Waals surface area contributed by atoms with Crippen LogP contribution in [0.4, 0.5) is 13.2 Å². The van der Waals surface area contributed by atoms with Crippen molar-refractivity contribution in [1.82, 2.24) is 0 Å². The number of halogens is 3.